The summed E-state index contributed by atoms with van der Waals surface area (Å²) in [5.41, 5.74) is 7.75. The Balaban J connectivity index is 2.22. The third-order valence-electron chi connectivity index (χ3n) is 3.83. The van der Waals surface area contributed by atoms with Crippen molar-refractivity contribution < 1.29 is 4.79 Å². The molecule has 0 aliphatic carbocycles. The van der Waals surface area contributed by atoms with E-state index in [1.807, 2.05) is 36.1 Å². The van der Waals surface area contributed by atoms with Crippen molar-refractivity contribution in [1.29, 1.82) is 0 Å². The van der Waals surface area contributed by atoms with E-state index in [9.17, 15) is 4.79 Å². The molecule has 18 heavy (non-hydrogen) atoms. The first kappa shape index (κ1) is 13.1. The van der Waals surface area contributed by atoms with Crippen LogP contribution < -0.4 is 5.73 Å². The van der Waals surface area contributed by atoms with Crippen LogP contribution in [-0.4, -0.2) is 29.4 Å². The zero-order valence-corrected chi connectivity index (χ0v) is 11.2. The minimum Gasteiger partial charge on any atom is -0.332 e. The number of rotatable bonds is 2. The summed E-state index contributed by atoms with van der Waals surface area (Å²) in [7, 11) is 0. The number of hydrogen-bond acceptors (Lipinski definition) is 2. The van der Waals surface area contributed by atoms with Crippen LogP contribution >= 0.6 is 0 Å². The number of benzene rings is 1. The lowest BCUT2D eigenvalue weighted by molar-refractivity contribution is 0.0494. The zero-order valence-electron chi connectivity index (χ0n) is 11.2. The lowest BCUT2D eigenvalue weighted by Crippen LogP contribution is -2.51. The molecular formula is C15H22N2O. The molecule has 3 heteroatoms. The van der Waals surface area contributed by atoms with E-state index in [1.165, 1.54) is 12.0 Å². The van der Waals surface area contributed by atoms with Crippen molar-refractivity contribution in [2.24, 2.45) is 5.73 Å². The van der Waals surface area contributed by atoms with Gasteiger partial charge in [0.15, 0.2) is 0 Å². The van der Waals surface area contributed by atoms with Crippen LogP contribution in [-0.2, 0) is 0 Å². The molecule has 0 saturated carbocycles. The van der Waals surface area contributed by atoms with Gasteiger partial charge in [-0.05, 0) is 45.2 Å². The Hall–Kier alpha value is -1.35. The van der Waals surface area contributed by atoms with Crippen LogP contribution in [0.1, 0.15) is 42.1 Å². The van der Waals surface area contributed by atoms with Crippen LogP contribution in [0.2, 0.25) is 0 Å². The molecular weight excluding hydrogens is 224 g/mol. The van der Waals surface area contributed by atoms with Gasteiger partial charge in [-0.15, -0.1) is 0 Å². The predicted octanol–water partition coefficient (Wildman–Crippen LogP) is 2.34. The van der Waals surface area contributed by atoms with E-state index in [1.54, 1.807) is 0 Å². The van der Waals surface area contributed by atoms with Crippen molar-refractivity contribution in [3.63, 3.8) is 0 Å². The van der Waals surface area contributed by atoms with Crippen LogP contribution in [0.3, 0.4) is 0 Å². The van der Waals surface area contributed by atoms with Gasteiger partial charge in [0.2, 0.25) is 0 Å². The average molecular weight is 246 g/mol. The van der Waals surface area contributed by atoms with Gasteiger partial charge in [-0.2, -0.15) is 0 Å². The van der Waals surface area contributed by atoms with Crippen LogP contribution in [0, 0.1) is 6.92 Å². The Morgan fingerprint density at radius 1 is 1.33 bits per heavy atom. The van der Waals surface area contributed by atoms with E-state index in [2.05, 4.69) is 6.92 Å². The highest BCUT2D eigenvalue weighted by Gasteiger charge is 2.31. The van der Waals surface area contributed by atoms with Gasteiger partial charge in [-0.3, -0.25) is 4.79 Å². The summed E-state index contributed by atoms with van der Waals surface area (Å²) >= 11 is 0. The second kappa shape index (κ2) is 5.53. The van der Waals surface area contributed by atoms with Gasteiger partial charge < -0.3 is 10.6 Å². The van der Waals surface area contributed by atoms with Crippen molar-refractivity contribution in [2.45, 2.75) is 45.2 Å². The van der Waals surface area contributed by atoms with Gasteiger partial charge in [0.25, 0.3) is 5.91 Å². The number of carbonyl (C=O) groups excluding carboxylic acids is 1. The second-order valence-corrected chi connectivity index (χ2v) is 5.25. The molecule has 2 rings (SSSR count). The molecule has 1 saturated heterocycles. The maximum Gasteiger partial charge on any atom is 0.254 e. The Kier molecular flexibility index (Phi) is 4.02. The molecule has 0 radical (unpaired) electrons. The monoisotopic (exact) mass is 246 g/mol. The Bertz CT molecular complexity index is 413. The molecule has 3 nitrogen and oxygen atoms in total. The number of aryl methyl sites for hydroxylation is 1. The summed E-state index contributed by atoms with van der Waals surface area (Å²) in [6.45, 7) is 4.70. The third-order valence-corrected chi connectivity index (χ3v) is 3.83. The Morgan fingerprint density at radius 3 is 2.61 bits per heavy atom. The van der Waals surface area contributed by atoms with Crippen molar-refractivity contribution in [2.75, 3.05) is 6.54 Å². The zero-order chi connectivity index (χ0) is 13.1. The number of carbonyl (C=O) groups is 1. The molecule has 1 aromatic rings. The van der Waals surface area contributed by atoms with Crippen LogP contribution in [0.5, 0.6) is 0 Å². The number of nitrogens with zero attached hydrogens (tertiary/aromatic N) is 1. The number of hydrogen-bond donors (Lipinski definition) is 1. The summed E-state index contributed by atoms with van der Waals surface area (Å²) in [5.74, 6) is 0.123. The van der Waals surface area contributed by atoms with E-state index in [0.717, 1.165) is 18.4 Å². The number of amides is 1. The molecule has 1 aliphatic rings. The minimum atomic E-state index is 0.123. The van der Waals surface area contributed by atoms with E-state index in [4.69, 9.17) is 5.73 Å². The number of likely N-dealkylation sites (tertiary alicyclic amines) is 1. The fourth-order valence-corrected chi connectivity index (χ4v) is 2.73. The lowest BCUT2D eigenvalue weighted by Gasteiger charge is -2.40. The molecule has 1 fully saturated rings. The highest BCUT2D eigenvalue weighted by Crippen LogP contribution is 2.24. The SMILES string of the molecule is Cc1ccc(C(=O)N2C(C)CCCC2CN)cc1. The topological polar surface area (TPSA) is 46.3 Å². The Morgan fingerprint density at radius 2 is 2.00 bits per heavy atom. The largest absolute Gasteiger partial charge is 0.332 e. The van der Waals surface area contributed by atoms with Crippen molar-refractivity contribution in [3.05, 3.63) is 35.4 Å². The standard InChI is InChI=1S/C15H22N2O/c1-11-6-8-13(9-7-11)15(18)17-12(2)4-3-5-14(17)10-16/h6-9,12,14H,3-5,10,16H2,1-2H3. The summed E-state index contributed by atoms with van der Waals surface area (Å²) < 4.78 is 0. The van der Waals surface area contributed by atoms with Crippen LogP contribution in [0.25, 0.3) is 0 Å². The molecule has 1 aliphatic heterocycles. The van der Waals surface area contributed by atoms with Crippen LogP contribution in [0.4, 0.5) is 0 Å². The molecule has 1 heterocycles. The maximum absolute atomic E-state index is 12.6. The normalized spacial score (nSPS) is 24.1. The highest BCUT2D eigenvalue weighted by atomic mass is 16.2. The molecule has 2 atom stereocenters. The second-order valence-electron chi connectivity index (χ2n) is 5.25. The molecule has 1 aromatic carbocycles. The number of piperidine rings is 1. The van der Waals surface area contributed by atoms with Gasteiger partial charge >= 0.3 is 0 Å². The van der Waals surface area contributed by atoms with E-state index in [-0.39, 0.29) is 11.9 Å². The molecule has 0 spiro atoms. The van der Waals surface area contributed by atoms with Crippen molar-refractivity contribution in [1.82, 2.24) is 4.90 Å². The highest BCUT2D eigenvalue weighted by molar-refractivity contribution is 5.94. The third kappa shape index (κ3) is 2.56. The maximum atomic E-state index is 12.6. The fourth-order valence-electron chi connectivity index (χ4n) is 2.73. The van der Waals surface area contributed by atoms with E-state index in [0.29, 0.717) is 12.6 Å². The van der Waals surface area contributed by atoms with Gasteiger partial charge in [0.05, 0.1) is 0 Å². The van der Waals surface area contributed by atoms with Gasteiger partial charge in [-0.1, -0.05) is 17.7 Å². The van der Waals surface area contributed by atoms with Crippen LogP contribution in [0.15, 0.2) is 24.3 Å². The molecule has 0 aromatic heterocycles. The summed E-state index contributed by atoms with van der Waals surface area (Å²) in [4.78, 5) is 14.5. The smallest absolute Gasteiger partial charge is 0.254 e. The first-order valence-electron chi connectivity index (χ1n) is 6.73. The van der Waals surface area contributed by atoms with Crippen molar-refractivity contribution >= 4 is 5.91 Å². The predicted molar refractivity (Wildman–Crippen MR) is 73.5 cm³/mol. The molecule has 98 valence electrons. The van der Waals surface area contributed by atoms with E-state index < -0.39 is 0 Å². The molecule has 0 bridgehead atoms. The summed E-state index contributed by atoms with van der Waals surface area (Å²) in [6, 6.07) is 8.28. The van der Waals surface area contributed by atoms with Crippen molar-refractivity contribution in [3.8, 4) is 0 Å². The van der Waals surface area contributed by atoms with E-state index >= 15 is 0 Å². The Labute approximate surface area is 109 Å². The lowest BCUT2D eigenvalue weighted by atomic mass is 9.95. The average Bonchev–Trinajstić information content (AvgIpc) is 2.38. The summed E-state index contributed by atoms with van der Waals surface area (Å²) in [5, 5.41) is 0. The molecule has 1 amide bonds. The fraction of sp³-hybridized carbons (Fsp3) is 0.533. The van der Waals surface area contributed by atoms with Gasteiger partial charge in [0.1, 0.15) is 0 Å². The number of nitrogens with two attached hydrogens (primary N) is 1. The quantitative estimate of drug-likeness (QED) is 0.870. The van der Waals surface area contributed by atoms with Gasteiger partial charge in [-0.25, -0.2) is 0 Å². The van der Waals surface area contributed by atoms with Gasteiger partial charge in [0, 0.05) is 24.2 Å². The molecule has 2 N–H and O–H groups in total. The summed E-state index contributed by atoms with van der Waals surface area (Å²) in [6.07, 6.45) is 3.27. The molecule has 2 unspecified atom stereocenters. The first-order chi connectivity index (χ1) is 8.63. The first-order valence-corrected chi connectivity index (χ1v) is 6.73. The minimum absolute atomic E-state index is 0.123.